The van der Waals surface area contributed by atoms with Crippen molar-refractivity contribution in [2.45, 2.75) is 50.3 Å². The molecule has 4 nitrogen and oxygen atoms in total. The summed E-state index contributed by atoms with van der Waals surface area (Å²) in [5, 5.41) is 3.44. The molecule has 1 fully saturated rings. The predicted molar refractivity (Wildman–Crippen MR) is 87.0 cm³/mol. The fourth-order valence-corrected chi connectivity index (χ4v) is 3.90. The number of anilines is 1. The molecule has 1 aromatic rings. The Kier molecular flexibility index (Phi) is 6.06. The van der Waals surface area contributed by atoms with Crippen LogP contribution in [0.4, 0.5) is 5.69 Å². The van der Waals surface area contributed by atoms with E-state index in [1.807, 2.05) is 12.1 Å². The van der Waals surface area contributed by atoms with Crippen LogP contribution in [0.5, 0.6) is 0 Å². The minimum absolute atomic E-state index is 0.323. The summed E-state index contributed by atoms with van der Waals surface area (Å²) in [4.78, 5) is 0.323. The van der Waals surface area contributed by atoms with E-state index in [9.17, 15) is 8.42 Å². The van der Waals surface area contributed by atoms with E-state index < -0.39 is 10.0 Å². The molecule has 0 aliphatic heterocycles. The first kappa shape index (κ1) is 16.3. The molecule has 5 heteroatoms. The van der Waals surface area contributed by atoms with Crippen LogP contribution in [0.15, 0.2) is 29.2 Å². The summed E-state index contributed by atoms with van der Waals surface area (Å²) >= 11 is 0. The second-order valence-corrected chi connectivity index (χ2v) is 7.53. The van der Waals surface area contributed by atoms with Gasteiger partial charge in [-0.2, -0.15) is 0 Å². The molecule has 1 aliphatic carbocycles. The Morgan fingerprint density at radius 2 is 1.67 bits per heavy atom. The van der Waals surface area contributed by atoms with E-state index in [4.69, 9.17) is 0 Å². The van der Waals surface area contributed by atoms with Crippen LogP contribution >= 0.6 is 0 Å². The highest BCUT2D eigenvalue weighted by Crippen LogP contribution is 2.23. The van der Waals surface area contributed by atoms with Crippen LogP contribution in [-0.2, 0) is 10.0 Å². The third kappa shape index (κ3) is 5.00. The zero-order valence-electron chi connectivity index (χ0n) is 12.8. The maximum atomic E-state index is 11.9. The normalized spacial score (nSPS) is 17.4. The van der Waals surface area contributed by atoms with Gasteiger partial charge < -0.3 is 5.32 Å². The molecule has 0 amide bonds. The molecule has 2 rings (SSSR count). The summed E-state index contributed by atoms with van der Waals surface area (Å²) < 4.78 is 26.2. The van der Waals surface area contributed by atoms with Gasteiger partial charge in [0.1, 0.15) is 0 Å². The third-order valence-corrected chi connectivity index (χ3v) is 5.63. The van der Waals surface area contributed by atoms with Gasteiger partial charge in [-0.15, -0.1) is 0 Å². The van der Waals surface area contributed by atoms with Crippen molar-refractivity contribution < 1.29 is 8.42 Å². The molecule has 2 N–H and O–H groups in total. The Morgan fingerprint density at radius 1 is 1.05 bits per heavy atom. The van der Waals surface area contributed by atoms with Gasteiger partial charge in [0.05, 0.1) is 4.90 Å². The first-order chi connectivity index (χ1) is 10.1. The lowest BCUT2D eigenvalue weighted by Crippen LogP contribution is -2.23. The highest BCUT2D eigenvalue weighted by Gasteiger charge is 2.13. The summed E-state index contributed by atoms with van der Waals surface area (Å²) in [7, 11) is -3.35. The van der Waals surface area contributed by atoms with Gasteiger partial charge in [0.25, 0.3) is 0 Å². The molecule has 0 radical (unpaired) electrons. The van der Waals surface area contributed by atoms with Gasteiger partial charge in [-0.1, -0.05) is 32.6 Å². The van der Waals surface area contributed by atoms with Gasteiger partial charge in [-0.05, 0) is 43.0 Å². The lowest BCUT2D eigenvalue weighted by molar-refractivity contribution is 0.483. The smallest absolute Gasteiger partial charge is 0.240 e. The zero-order chi connectivity index (χ0) is 15.1. The van der Waals surface area contributed by atoms with E-state index in [0.717, 1.165) is 18.2 Å². The average Bonchev–Trinajstić information content (AvgIpc) is 2.74. The first-order valence-corrected chi connectivity index (χ1v) is 9.44. The highest BCUT2D eigenvalue weighted by atomic mass is 32.2. The minimum atomic E-state index is -3.35. The molecular formula is C16H26N2O2S. The van der Waals surface area contributed by atoms with E-state index in [0.29, 0.717) is 11.4 Å². The molecule has 0 spiro atoms. The summed E-state index contributed by atoms with van der Waals surface area (Å²) in [6.07, 6.45) is 8.03. The highest BCUT2D eigenvalue weighted by molar-refractivity contribution is 7.89. The van der Waals surface area contributed by atoms with Crippen LogP contribution in [0.25, 0.3) is 0 Å². The van der Waals surface area contributed by atoms with Crippen LogP contribution in [0.2, 0.25) is 0 Å². The van der Waals surface area contributed by atoms with E-state index in [1.165, 1.54) is 38.5 Å². The molecule has 0 bridgehead atoms. The molecule has 0 atom stereocenters. The van der Waals surface area contributed by atoms with Crippen LogP contribution in [-0.4, -0.2) is 21.5 Å². The molecule has 1 saturated carbocycles. The van der Waals surface area contributed by atoms with Crippen molar-refractivity contribution in [1.82, 2.24) is 4.72 Å². The molecule has 21 heavy (non-hydrogen) atoms. The molecule has 0 aromatic heterocycles. The van der Waals surface area contributed by atoms with Crippen molar-refractivity contribution in [3.63, 3.8) is 0 Å². The second kappa shape index (κ2) is 7.80. The number of hydrogen-bond donors (Lipinski definition) is 2. The third-order valence-electron chi connectivity index (χ3n) is 4.07. The maximum absolute atomic E-state index is 11.9. The van der Waals surface area contributed by atoms with Crippen molar-refractivity contribution in [2.75, 3.05) is 18.4 Å². The minimum Gasteiger partial charge on any atom is -0.385 e. The summed E-state index contributed by atoms with van der Waals surface area (Å²) in [5.74, 6) is 0.748. The van der Waals surface area contributed by atoms with E-state index in [1.54, 1.807) is 19.1 Å². The molecular weight excluding hydrogens is 284 g/mol. The van der Waals surface area contributed by atoms with E-state index in [-0.39, 0.29) is 0 Å². The Morgan fingerprint density at radius 3 is 2.24 bits per heavy atom. The number of hydrogen-bond acceptors (Lipinski definition) is 3. The number of sulfonamides is 1. The topological polar surface area (TPSA) is 58.2 Å². The molecule has 1 aliphatic rings. The largest absolute Gasteiger partial charge is 0.385 e. The Bertz CT molecular complexity index is 518. The van der Waals surface area contributed by atoms with Crippen LogP contribution in [0.1, 0.15) is 45.4 Å². The van der Waals surface area contributed by atoms with E-state index in [2.05, 4.69) is 10.0 Å². The average molecular weight is 310 g/mol. The standard InChI is InChI=1S/C16H26N2O2S/c1-2-18-21(19,20)16-11-9-15(10-12-16)17-13-14-7-5-3-4-6-8-14/h9-12,14,17-18H,2-8,13H2,1H3. The van der Waals surface area contributed by atoms with Crippen LogP contribution < -0.4 is 10.0 Å². The van der Waals surface area contributed by atoms with Crippen LogP contribution in [0.3, 0.4) is 0 Å². The van der Waals surface area contributed by atoms with Crippen molar-refractivity contribution in [2.24, 2.45) is 5.92 Å². The first-order valence-electron chi connectivity index (χ1n) is 7.95. The molecule has 0 saturated heterocycles. The summed E-state index contributed by atoms with van der Waals surface area (Å²) in [6.45, 7) is 3.17. The molecule has 118 valence electrons. The Labute approximate surface area is 128 Å². The van der Waals surface area contributed by atoms with Gasteiger partial charge in [0.2, 0.25) is 10.0 Å². The van der Waals surface area contributed by atoms with E-state index >= 15 is 0 Å². The lowest BCUT2D eigenvalue weighted by atomic mass is 10.0. The SMILES string of the molecule is CCNS(=O)(=O)c1ccc(NCC2CCCCCC2)cc1. The van der Waals surface area contributed by atoms with Gasteiger partial charge in [0.15, 0.2) is 0 Å². The number of nitrogens with one attached hydrogen (secondary N) is 2. The fraction of sp³-hybridized carbons (Fsp3) is 0.625. The maximum Gasteiger partial charge on any atom is 0.240 e. The summed E-state index contributed by atoms with van der Waals surface area (Å²) in [6, 6.07) is 7.02. The lowest BCUT2D eigenvalue weighted by Gasteiger charge is -2.16. The van der Waals surface area contributed by atoms with Gasteiger partial charge in [-0.3, -0.25) is 0 Å². The monoisotopic (exact) mass is 310 g/mol. The number of benzene rings is 1. The zero-order valence-corrected chi connectivity index (χ0v) is 13.6. The number of rotatable bonds is 6. The molecule has 0 heterocycles. The van der Waals surface area contributed by atoms with Crippen molar-refractivity contribution in [3.05, 3.63) is 24.3 Å². The molecule has 1 aromatic carbocycles. The Balaban J connectivity index is 1.90. The molecule has 0 unspecified atom stereocenters. The van der Waals surface area contributed by atoms with Gasteiger partial charge in [-0.25, -0.2) is 13.1 Å². The quantitative estimate of drug-likeness (QED) is 0.792. The van der Waals surface area contributed by atoms with Gasteiger partial charge >= 0.3 is 0 Å². The van der Waals surface area contributed by atoms with Crippen molar-refractivity contribution in [3.8, 4) is 0 Å². The van der Waals surface area contributed by atoms with Crippen molar-refractivity contribution >= 4 is 15.7 Å². The summed E-state index contributed by atoms with van der Waals surface area (Å²) in [5.41, 5.74) is 0.995. The predicted octanol–water partition coefficient (Wildman–Crippen LogP) is 3.37. The second-order valence-electron chi connectivity index (χ2n) is 5.76. The Hall–Kier alpha value is -1.07. The fourth-order valence-electron chi connectivity index (χ4n) is 2.86. The van der Waals surface area contributed by atoms with Crippen molar-refractivity contribution in [1.29, 1.82) is 0 Å². The van der Waals surface area contributed by atoms with Crippen LogP contribution in [0, 0.1) is 5.92 Å². The van der Waals surface area contributed by atoms with Gasteiger partial charge in [0, 0.05) is 18.8 Å².